The third kappa shape index (κ3) is 3.42. The summed E-state index contributed by atoms with van der Waals surface area (Å²) >= 11 is 0. The van der Waals surface area contributed by atoms with Crippen molar-refractivity contribution in [2.45, 2.75) is 32.3 Å². The highest BCUT2D eigenvalue weighted by Crippen LogP contribution is 2.30. The summed E-state index contributed by atoms with van der Waals surface area (Å²) in [4.78, 5) is 12.8. The minimum atomic E-state index is -0.861. The van der Waals surface area contributed by atoms with Crippen LogP contribution in [0.25, 0.3) is 10.8 Å². The average Bonchev–Trinajstić information content (AvgIpc) is 2.67. The van der Waals surface area contributed by atoms with Crippen molar-refractivity contribution < 1.29 is 9.90 Å². The highest BCUT2D eigenvalue weighted by Gasteiger charge is 2.25. The molecule has 0 atom stereocenters. The van der Waals surface area contributed by atoms with E-state index < -0.39 is 5.60 Å². The quantitative estimate of drug-likeness (QED) is 0.682. The number of nitrogens with one attached hydrogen (secondary N) is 1. The van der Waals surface area contributed by atoms with E-state index in [4.69, 9.17) is 0 Å². The molecule has 25 heavy (non-hydrogen) atoms. The number of hydrogen-bond acceptors (Lipinski definition) is 2. The van der Waals surface area contributed by atoms with E-state index >= 15 is 0 Å². The van der Waals surface area contributed by atoms with Gasteiger partial charge < -0.3 is 10.4 Å². The standard InChI is InChI=1S/C22H23NO2/c1-3-22(25,4-2)17-11-8-12-18(15-17)23-21(24)20-14-7-10-16-9-5-6-13-19(16)20/h5-15,25H,3-4H2,1-2H3,(H,23,24). The molecule has 0 spiro atoms. The summed E-state index contributed by atoms with van der Waals surface area (Å²) in [5.74, 6) is -0.148. The van der Waals surface area contributed by atoms with Gasteiger partial charge in [0.2, 0.25) is 0 Å². The monoisotopic (exact) mass is 333 g/mol. The second-order valence-electron chi connectivity index (χ2n) is 6.30. The maximum absolute atomic E-state index is 12.8. The molecule has 3 nitrogen and oxygen atoms in total. The number of rotatable bonds is 5. The van der Waals surface area contributed by atoms with Gasteiger partial charge in [0.15, 0.2) is 0 Å². The van der Waals surface area contributed by atoms with Crippen molar-refractivity contribution >= 4 is 22.4 Å². The van der Waals surface area contributed by atoms with Crippen LogP contribution in [-0.4, -0.2) is 11.0 Å². The normalized spacial score (nSPS) is 11.5. The van der Waals surface area contributed by atoms with Crippen molar-refractivity contribution in [3.63, 3.8) is 0 Å². The number of carbonyl (C=O) groups is 1. The topological polar surface area (TPSA) is 49.3 Å². The molecule has 0 bridgehead atoms. The Labute approximate surface area is 148 Å². The predicted octanol–water partition coefficient (Wildman–Crippen LogP) is 5.10. The maximum atomic E-state index is 12.8. The van der Waals surface area contributed by atoms with Gasteiger partial charge >= 0.3 is 0 Å². The highest BCUT2D eigenvalue weighted by atomic mass is 16.3. The van der Waals surface area contributed by atoms with Crippen LogP contribution in [0.4, 0.5) is 5.69 Å². The van der Waals surface area contributed by atoms with Gasteiger partial charge in [-0.2, -0.15) is 0 Å². The van der Waals surface area contributed by atoms with Crippen molar-refractivity contribution in [1.82, 2.24) is 0 Å². The number of fused-ring (bicyclic) bond motifs is 1. The molecule has 0 unspecified atom stereocenters. The van der Waals surface area contributed by atoms with Gasteiger partial charge in [0, 0.05) is 11.3 Å². The average molecular weight is 333 g/mol. The summed E-state index contributed by atoms with van der Waals surface area (Å²) in [7, 11) is 0. The zero-order chi connectivity index (χ0) is 17.9. The Bertz CT molecular complexity index is 892. The lowest BCUT2D eigenvalue weighted by Crippen LogP contribution is -2.23. The molecule has 0 aliphatic heterocycles. The van der Waals surface area contributed by atoms with E-state index in [-0.39, 0.29) is 5.91 Å². The van der Waals surface area contributed by atoms with Gasteiger partial charge in [-0.1, -0.05) is 62.4 Å². The van der Waals surface area contributed by atoms with Crippen LogP contribution in [0.15, 0.2) is 66.7 Å². The molecule has 0 aliphatic rings. The van der Waals surface area contributed by atoms with Crippen molar-refractivity contribution in [2.24, 2.45) is 0 Å². The highest BCUT2D eigenvalue weighted by molar-refractivity contribution is 6.12. The fourth-order valence-corrected chi connectivity index (χ4v) is 3.17. The summed E-state index contributed by atoms with van der Waals surface area (Å²) in [6.07, 6.45) is 1.26. The largest absolute Gasteiger partial charge is 0.385 e. The predicted molar refractivity (Wildman–Crippen MR) is 103 cm³/mol. The van der Waals surface area contributed by atoms with E-state index in [1.165, 1.54) is 0 Å². The molecule has 3 rings (SSSR count). The third-order valence-electron chi connectivity index (χ3n) is 4.86. The van der Waals surface area contributed by atoms with Crippen LogP contribution in [-0.2, 0) is 5.60 Å². The summed E-state index contributed by atoms with van der Waals surface area (Å²) in [6.45, 7) is 3.93. The van der Waals surface area contributed by atoms with E-state index in [0.717, 1.165) is 16.3 Å². The molecular weight excluding hydrogens is 310 g/mol. The Morgan fingerprint density at radius 1 is 0.960 bits per heavy atom. The minimum absolute atomic E-state index is 0.148. The van der Waals surface area contributed by atoms with Crippen LogP contribution in [0.5, 0.6) is 0 Å². The summed E-state index contributed by atoms with van der Waals surface area (Å²) in [5.41, 5.74) is 1.30. The molecule has 2 N–H and O–H groups in total. The van der Waals surface area contributed by atoms with Crippen LogP contribution in [0.3, 0.4) is 0 Å². The van der Waals surface area contributed by atoms with Gasteiger partial charge in [-0.25, -0.2) is 0 Å². The van der Waals surface area contributed by atoms with Crippen molar-refractivity contribution in [3.8, 4) is 0 Å². The minimum Gasteiger partial charge on any atom is -0.385 e. The smallest absolute Gasteiger partial charge is 0.256 e. The molecular formula is C22H23NO2. The van der Waals surface area contributed by atoms with Gasteiger partial charge in [-0.15, -0.1) is 0 Å². The zero-order valence-electron chi connectivity index (χ0n) is 14.6. The van der Waals surface area contributed by atoms with E-state index in [0.29, 0.717) is 24.1 Å². The van der Waals surface area contributed by atoms with Crippen LogP contribution >= 0.6 is 0 Å². The zero-order valence-corrected chi connectivity index (χ0v) is 14.6. The number of carbonyl (C=O) groups excluding carboxylic acids is 1. The Morgan fingerprint density at radius 2 is 1.64 bits per heavy atom. The first-order chi connectivity index (χ1) is 12.1. The third-order valence-corrected chi connectivity index (χ3v) is 4.86. The van der Waals surface area contributed by atoms with Crippen molar-refractivity contribution in [1.29, 1.82) is 0 Å². The second-order valence-corrected chi connectivity index (χ2v) is 6.30. The fraction of sp³-hybridized carbons (Fsp3) is 0.227. The van der Waals surface area contributed by atoms with Crippen LogP contribution in [0.1, 0.15) is 42.6 Å². The number of anilines is 1. The molecule has 128 valence electrons. The fourth-order valence-electron chi connectivity index (χ4n) is 3.17. The van der Waals surface area contributed by atoms with Crippen LogP contribution < -0.4 is 5.32 Å². The van der Waals surface area contributed by atoms with Crippen LogP contribution in [0, 0.1) is 0 Å². The van der Waals surface area contributed by atoms with Crippen molar-refractivity contribution in [2.75, 3.05) is 5.32 Å². The summed E-state index contributed by atoms with van der Waals surface area (Å²) in [6, 6.07) is 21.0. The molecule has 0 fully saturated rings. The van der Waals surface area contributed by atoms with Gasteiger partial charge in [0.05, 0.1) is 5.60 Å². The lowest BCUT2D eigenvalue weighted by Gasteiger charge is -2.26. The molecule has 0 heterocycles. The Morgan fingerprint density at radius 3 is 2.40 bits per heavy atom. The first kappa shape index (κ1) is 17.2. The van der Waals surface area contributed by atoms with Gasteiger partial charge in [-0.05, 0) is 47.4 Å². The van der Waals surface area contributed by atoms with E-state index in [1.807, 2.05) is 80.6 Å². The lowest BCUT2D eigenvalue weighted by atomic mass is 9.88. The van der Waals surface area contributed by atoms with E-state index in [2.05, 4.69) is 5.32 Å². The SMILES string of the molecule is CCC(O)(CC)c1cccc(NC(=O)c2cccc3ccccc23)c1. The Balaban J connectivity index is 1.91. The Hall–Kier alpha value is -2.65. The Kier molecular flexibility index (Phi) is 4.86. The molecule has 3 aromatic rings. The van der Waals surface area contributed by atoms with E-state index in [9.17, 15) is 9.90 Å². The number of benzene rings is 3. The molecule has 3 heteroatoms. The number of aliphatic hydroxyl groups is 1. The molecule has 0 saturated heterocycles. The number of amides is 1. The van der Waals surface area contributed by atoms with Gasteiger partial charge in [0.25, 0.3) is 5.91 Å². The summed E-state index contributed by atoms with van der Waals surface area (Å²) < 4.78 is 0. The molecule has 3 aromatic carbocycles. The first-order valence-electron chi connectivity index (χ1n) is 8.69. The van der Waals surface area contributed by atoms with Gasteiger partial charge in [-0.3, -0.25) is 4.79 Å². The maximum Gasteiger partial charge on any atom is 0.256 e. The first-order valence-corrected chi connectivity index (χ1v) is 8.69. The van der Waals surface area contributed by atoms with Gasteiger partial charge in [0.1, 0.15) is 0 Å². The second kappa shape index (κ2) is 7.08. The van der Waals surface area contributed by atoms with Crippen molar-refractivity contribution in [3.05, 3.63) is 77.9 Å². The summed E-state index contributed by atoms with van der Waals surface area (Å²) in [5, 5.41) is 15.6. The number of hydrogen-bond donors (Lipinski definition) is 2. The molecule has 0 saturated carbocycles. The molecule has 0 aliphatic carbocycles. The molecule has 0 aromatic heterocycles. The molecule has 0 radical (unpaired) electrons. The van der Waals surface area contributed by atoms with Crippen LogP contribution in [0.2, 0.25) is 0 Å². The molecule has 1 amide bonds. The lowest BCUT2D eigenvalue weighted by molar-refractivity contribution is 0.0284. The van der Waals surface area contributed by atoms with E-state index in [1.54, 1.807) is 0 Å².